The van der Waals surface area contributed by atoms with E-state index in [-0.39, 0.29) is 30.4 Å². The van der Waals surface area contributed by atoms with Crippen LogP contribution in [0.25, 0.3) is 0 Å². The largest absolute Gasteiger partial charge is 0.394 e. The van der Waals surface area contributed by atoms with Gasteiger partial charge in [-0.05, 0) is 74.5 Å². The number of nitrogens with two attached hydrogens (primary N) is 1. The van der Waals surface area contributed by atoms with Crippen LogP contribution in [0.4, 0.5) is 17.2 Å². The third-order valence-electron chi connectivity index (χ3n) is 6.01. The Bertz CT molecular complexity index is 1500. The van der Waals surface area contributed by atoms with Gasteiger partial charge < -0.3 is 32.1 Å². The van der Waals surface area contributed by atoms with Crippen molar-refractivity contribution in [2.75, 3.05) is 35.6 Å². The Kier molecular flexibility index (Phi) is 11.5. The monoisotopic (exact) mass is 573 g/mol. The van der Waals surface area contributed by atoms with Crippen molar-refractivity contribution in [3.05, 3.63) is 82.4 Å². The van der Waals surface area contributed by atoms with Crippen molar-refractivity contribution < 1.29 is 19.5 Å². The molecule has 0 aliphatic carbocycles. The van der Waals surface area contributed by atoms with E-state index in [9.17, 15) is 24.3 Å². The molecular weight excluding hydrogens is 538 g/mol. The molecule has 1 heterocycles. The average Bonchev–Trinajstić information content (AvgIpc) is 2.97. The van der Waals surface area contributed by atoms with Crippen LogP contribution in [0.2, 0.25) is 0 Å². The fourth-order valence-corrected chi connectivity index (χ4v) is 3.43. The molecule has 220 valence electrons. The molecule has 0 saturated carbocycles. The smallest absolute Gasteiger partial charge is 0.350 e. The number of aliphatic hydroxyl groups is 1. The van der Waals surface area contributed by atoms with Crippen LogP contribution in [0, 0.1) is 11.8 Å². The number of benzene rings is 2. The van der Waals surface area contributed by atoms with Crippen LogP contribution in [0.3, 0.4) is 0 Å². The summed E-state index contributed by atoms with van der Waals surface area (Å²) in [7, 11) is 0. The molecule has 3 rings (SSSR count). The van der Waals surface area contributed by atoms with Gasteiger partial charge in [0, 0.05) is 28.7 Å². The van der Waals surface area contributed by atoms with Crippen molar-refractivity contribution in [2.24, 2.45) is 5.73 Å². The lowest BCUT2D eigenvalue weighted by molar-refractivity contribution is -0.121. The predicted octanol–water partition coefficient (Wildman–Crippen LogP) is 1.52. The lowest BCUT2D eigenvalue weighted by atomic mass is 10.0. The lowest BCUT2D eigenvalue weighted by Crippen LogP contribution is -2.51. The molecule has 3 aromatic rings. The number of aromatic nitrogens is 2. The van der Waals surface area contributed by atoms with E-state index in [2.05, 4.69) is 45.0 Å². The van der Waals surface area contributed by atoms with E-state index in [1.165, 1.54) is 48.0 Å². The van der Waals surface area contributed by atoms with Gasteiger partial charge >= 0.3 is 5.69 Å². The molecule has 0 bridgehead atoms. The topological polar surface area (TPSA) is 180 Å². The number of unbranched alkanes of at least 4 members (excludes halogenated alkanes) is 1. The summed E-state index contributed by atoms with van der Waals surface area (Å²) in [4.78, 5) is 53.0. The summed E-state index contributed by atoms with van der Waals surface area (Å²) in [5.74, 6) is 4.78. The first-order valence-electron chi connectivity index (χ1n) is 13.4. The Hall–Kier alpha value is -4.83. The highest BCUT2D eigenvalue weighted by Gasteiger charge is 2.27. The summed E-state index contributed by atoms with van der Waals surface area (Å²) in [5, 5.41) is 20.2. The standard InChI is InChI=1S/C30H35N7O5/c1-3-4-16-32-19-26(39)33-23-11-7-21(8-12-23)6-5-17-37-18-15-25(36-29(37)42)35-27(40)22-9-13-24(14-10-22)34-28(41)30(2,31)20-38/h7-15,18,32,38H,3-4,16-17,19-20,31H2,1-2H3,(H,33,39)(H,34,41)(H,35,36,40,42)/t30-/m0/s1. The number of nitrogens with zero attached hydrogens (tertiary/aromatic N) is 2. The summed E-state index contributed by atoms with van der Waals surface area (Å²) < 4.78 is 1.30. The fraction of sp³-hybridized carbons (Fsp3) is 0.300. The van der Waals surface area contributed by atoms with Crippen LogP contribution >= 0.6 is 0 Å². The van der Waals surface area contributed by atoms with Crippen LogP contribution in [0.1, 0.15) is 42.6 Å². The van der Waals surface area contributed by atoms with Gasteiger partial charge in [-0.3, -0.25) is 19.0 Å². The van der Waals surface area contributed by atoms with Crippen molar-refractivity contribution in [3.63, 3.8) is 0 Å². The van der Waals surface area contributed by atoms with Gasteiger partial charge in [0.1, 0.15) is 11.4 Å². The molecule has 0 unspecified atom stereocenters. The van der Waals surface area contributed by atoms with Gasteiger partial charge in [-0.25, -0.2) is 4.79 Å². The second kappa shape index (κ2) is 15.2. The van der Waals surface area contributed by atoms with Crippen molar-refractivity contribution in [1.29, 1.82) is 0 Å². The second-order valence-corrected chi connectivity index (χ2v) is 9.74. The van der Waals surface area contributed by atoms with Crippen molar-refractivity contribution in [1.82, 2.24) is 14.9 Å². The highest BCUT2D eigenvalue weighted by Crippen LogP contribution is 2.13. The molecule has 12 heteroatoms. The number of carbonyl (C=O) groups is 3. The average molecular weight is 574 g/mol. The molecule has 7 N–H and O–H groups in total. The third-order valence-corrected chi connectivity index (χ3v) is 6.01. The Labute approximate surface area is 243 Å². The molecule has 0 radical (unpaired) electrons. The summed E-state index contributed by atoms with van der Waals surface area (Å²) in [6.45, 7) is 4.11. The number of hydrogen-bond acceptors (Lipinski definition) is 8. The molecule has 42 heavy (non-hydrogen) atoms. The number of hydrogen-bond donors (Lipinski definition) is 6. The number of nitrogens with one attached hydrogen (secondary N) is 4. The fourth-order valence-electron chi connectivity index (χ4n) is 3.43. The lowest BCUT2D eigenvalue weighted by Gasteiger charge is -2.20. The summed E-state index contributed by atoms with van der Waals surface area (Å²) >= 11 is 0. The zero-order chi connectivity index (χ0) is 30.5. The first kappa shape index (κ1) is 31.7. The second-order valence-electron chi connectivity index (χ2n) is 9.74. The molecular formula is C30H35N7O5. The van der Waals surface area contributed by atoms with Gasteiger partial charge in [-0.15, -0.1) is 0 Å². The van der Waals surface area contributed by atoms with Crippen molar-refractivity contribution in [3.8, 4) is 11.8 Å². The molecule has 1 atom stereocenters. The molecule has 1 aromatic heterocycles. The van der Waals surface area contributed by atoms with E-state index < -0.39 is 29.6 Å². The summed E-state index contributed by atoms with van der Waals surface area (Å²) in [6.07, 6.45) is 3.57. The number of anilines is 3. The Morgan fingerprint density at radius 3 is 2.31 bits per heavy atom. The summed E-state index contributed by atoms with van der Waals surface area (Å²) in [6, 6.07) is 14.6. The molecule has 12 nitrogen and oxygen atoms in total. The molecule has 0 saturated heterocycles. The zero-order valence-corrected chi connectivity index (χ0v) is 23.6. The number of rotatable bonds is 12. The number of amides is 3. The maximum atomic E-state index is 12.6. The highest BCUT2D eigenvalue weighted by molar-refractivity contribution is 6.04. The number of aliphatic hydroxyl groups excluding tert-OH is 1. The van der Waals surface area contributed by atoms with Gasteiger partial charge in [-0.2, -0.15) is 4.98 Å². The SMILES string of the molecule is CCCCNCC(=O)Nc1ccc(C#CCn2ccc(NC(=O)c3ccc(NC(=O)[C@@](C)(N)CO)cc3)nc2=O)cc1. The Balaban J connectivity index is 1.51. The van der Waals surface area contributed by atoms with E-state index in [1.54, 1.807) is 24.3 Å². The van der Waals surface area contributed by atoms with Crippen molar-refractivity contribution in [2.45, 2.75) is 38.8 Å². The minimum absolute atomic E-state index is 0.0756. The van der Waals surface area contributed by atoms with E-state index in [0.29, 0.717) is 11.4 Å². The normalized spacial score (nSPS) is 11.9. The molecule has 3 amide bonds. The van der Waals surface area contributed by atoms with Crippen molar-refractivity contribution >= 4 is 34.9 Å². The van der Waals surface area contributed by atoms with E-state index in [0.717, 1.165) is 24.9 Å². The van der Waals surface area contributed by atoms with E-state index >= 15 is 0 Å². The van der Waals surface area contributed by atoms with Crippen LogP contribution in [0.15, 0.2) is 65.6 Å². The maximum Gasteiger partial charge on any atom is 0.350 e. The van der Waals surface area contributed by atoms with Gasteiger partial charge in [0.05, 0.1) is 19.7 Å². The molecule has 2 aromatic carbocycles. The van der Waals surface area contributed by atoms with Crippen LogP contribution in [0.5, 0.6) is 0 Å². The van der Waals surface area contributed by atoms with Gasteiger partial charge in [-0.1, -0.05) is 25.2 Å². The van der Waals surface area contributed by atoms with E-state index in [4.69, 9.17) is 5.73 Å². The summed E-state index contributed by atoms with van der Waals surface area (Å²) in [5.41, 5.74) is 5.74. The molecule has 0 spiro atoms. The molecule has 0 fully saturated rings. The van der Waals surface area contributed by atoms with Gasteiger partial charge in [0.15, 0.2) is 0 Å². The quantitative estimate of drug-likeness (QED) is 0.139. The zero-order valence-electron chi connectivity index (χ0n) is 23.6. The van der Waals surface area contributed by atoms with Gasteiger partial charge in [0.2, 0.25) is 11.8 Å². The van der Waals surface area contributed by atoms with Gasteiger partial charge in [0.25, 0.3) is 5.91 Å². The minimum atomic E-state index is -1.44. The van der Waals surface area contributed by atoms with Crippen LogP contribution < -0.4 is 32.7 Å². The Morgan fingerprint density at radius 2 is 1.67 bits per heavy atom. The van der Waals surface area contributed by atoms with Crippen LogP contribution in [-0.2, 0) is 16.1 Å². The van der Waals surface area contributed by atoms with E-state index in [1.807, 2.05) is 0 Å². The molecule has 0 aliphatic rings. The minimum Gasteiger partial charge on any atom is -0.394 e. The van der Waals surface area contributed by atoms with Crippen LogP contribution in [-0.4, -0.2) is 57.6 Å². The highest BCUT2D eigenvalue weighted by atomic mass is 16.3. The first-order chi connectivity index (χ1) is 20.1. The molecule has 0 aliphatic heterocycles. The third kappa shape index (κ3) is 9.67. The number of carbonyl (C=O) groups excluding carboxylic acids is 3. The predicted molar refractivity (Wildman–Crippen MR) is 161 cm³/mol. The Morgan fingerprint density at radius 1 is 1.00 bits per heavy atom. The maximum absolute atomic E-state index is 12.6. The first-order valence-corrected chi connectivity index (χ1v) is 13.4.